The molecule has 1 saturated heterocycles. The van der Waals surface area contributed by atoms with Gasteiger partial charge in [-0.05, 0) is 71.4 Å². The van der Waals surface area contributed by atoms with Crippen molar-refractivity contribution in [3.63, 3.8) is 0 Å². The Balaban J connectivity index is 1.40. The third kappa shape index (κ3) is 3.69. The SMILES string of the molecule is C[n+]1ccsc1N=Nc1ccc(Nc2ccc(N3CCC3)cc2)cc1. The van der Waals surface area contributed by atoms with Crippen LogP contribution in [0.4, 0.5) is 27.9 Å². The third-order valence-corrected chi connectivity index (χ3v) is 5.09. The zero-order chi connectivity index (χ0) is 17.1. The fraction of sp³-hybridized carbons (Fsp3) is 0.211. The molecule has 0 aliphatic carbocycles. The molecule has 2 heterocycles. The standard InChI is InChI=1S/C19H19N5S/c1-23-13-14-25-19(23)22-21-17-5-3-15(4-6-17)20-16-7-9-18(10-8-16)24-11-2-12-24/h3-10,13-14H,2,11-12H2,1H3/p+1. The van der Waals surface area contributed by atoms with Crippen molar-refractivity contribution in [1.82, 2.24) is 0 Å². The largest absolute Gasteiger partial charge is 0.408 e. The van der Waals surface area contributed by atoms with Crippen LogP contribution >= 0.6 is 11.3 Å². The molecular formula is C19H20N5S+. The summed E-state index contributed by atoms with van der Waals surface area (Å²) in [5.41, 5.74) is 4.27. The molecule has 5 nitrogen and oxygen atoms in total. The van der Waals surface area contributed by atoms with Crippen LogP contribution in [0.2, 0.25) is 0 Å². The minimum Gasteiger partial charge on any atom is -0.371 e. The summed E-state index contributed by atoms with van der Waals surface area (Å²) in [5.74, 6) is 0. The normalized spacial score (nSPS) is 13.9. The molecule has 6 heteroatoms. The van der Waals surface area contributed by atoms with Crippen LogP contribution in [0.15, 0.2) is 70.3 Å². The first-order valence-electron chi connectivity index (χ1n) is 8.35. The first-order chi connectivity index (χ1) is 12.3. The van der Waals surface area contributed by atoms with E-state index in [4.69, 9.17) is 0 Å². The molecule has 1 fully saturated rings. The molecule has 2 aromatic carbocycles. The summed E-state index contributed by atoms with van der Waals surface area (Å²) in [7, 11) is 1.96. The summed E-state index contributed by atoms with van der Waals surface area (Å²) in [6, 6.07) is 16.6. The number of aromatic nitrogens is 1. The smallest absolute Gasteiger partial charge is 0.371 e. The molecular weight excluding hydrogens is 330 g/mol. The molecule has 0 radical (unpaired) electrons. The number of benzene rings is 2. The van der Waals surface area contributed by atoms with E-state index >= 15 is 0 Å². The first-order valence-corrected chi connectivity index (χ1v) is 9.23. The summed E-state index contributed by atoms with van der Waals surface area (Å²) in [4.78, 5) is 2.39. The Labute approximate surface area is 151 Å². The predicted octanol–water partition coefficient (Wildman–Crippen LogP) is 4.94. The summed E-state index contributed by atoms with van der Waals surface area (Å²) in [5, 5.41) is 14.8. The highest BCUT2D eigenvalue weighted by Gasteiger charge is 2.13. The molecule has 25 heavy (non-hydrogen) atoms. The van der Waals surface area contributed by atoms with Gasteiger partial charge in [0, 0.05) is 35.5 Å². The number of azo groups is 1. The maximum Gasteiger partial charge on any atom is 0.408 e. The lowest BCUT2D eigenvalue weighted by molar-refractivity contribution is -0.654. The second-order valence-electron chi connectivity index (χ2n) is 6.06. The number of rotatable bonds is 5. The van der Waals surface area contributed by atoms with Crippen LogP contribution in [0.5, 0.6) is 0 Å². The monoisotopic (exact) mass is 350 g/mol. The molecule has 0 amide bonds. The highest BCUT2D eigenvalue weighted by Crippen LogP contribution is 2.25. The van der Waals surface area contributed by atoms with E-state index < -0.39 is 0 Å². The molecule has 1 aliphatic heterocycles. The molecule has 0 atom stereocenters. The quantitative estimate of drug-likeness (QED) is 0.523. The molecule has 3 aromatic rings. The van der Waals surface area contributed by atoms with Crippen LogP contribution in [0.25, 0.3) is 0 Å². The van der Waals surface area contributed by atoms with E-state index in [1.165, 1.54) is 25.2 Å². The van der Waals surface area contributed by atoms with Gasteiger partial charge in [-0.3, -0.25) is 0 Å². The van der Waals surface area contributed by atoms with E-state index in [0.29, 0.717) is 0 Å². The predicted molar refractivity (Wildman–Crippen MR) is 103 cm³/mol. The van der Waals surface area contributed by atoms with Gasteiger partial charge in [0.05, 0.1) is 12.2 Å². The van der Waals surface area contributed by atoms with Gasteiger partial charge in [-0.2, -0.15) is 0 Å². The van der Waals surface area contributed by atoms with Crippen LogP contribution in [-0.2, 0) is 7.05 Å². The second-order valence-corrected chi connectivity index (χ2v) is 6.93. The Morgan fingerprint density at radius 2 is 1.64 bits per heavy atom. The molecule has 0 unspecified atom stereocenters. The van der Waals surface area contributed by atoms with Gasteiger partial charge >= 0.3 is 5.13 Å². The number of thiazole rings is 1. The van der Waals surface area contributed by atoms with Gasteiger partial charge in [0.1, 0.15) is 11.9 Å². The van der Waals surface area contributed by atoms with Crippen molar-refractivity contribution in [1.29, 1.82) is 0 Å². The van der Waals surface area contributed by atoms with E-state index in [9.17, 15) is 0 Å². The van der Waals surface area contributed by atoms with Gasteiger partial charge < -0.3 is 10.2 Å². The molecule has 0 spiro atoms. The zero-order valence-electron chi connectivity index (χ0n) is 14.1. The molecule has 1 aromatic heterocycles. The highest BCUT2D eigenvalue weighted by molar-refractivity contribution is 7.12. The van der Waals surface area contributed by atoms with Gasteiger partial charge in [-0.25, -0.2) is 4.57 Å². The van der Waals surface area contributed by atoms with Gasteiger partial charge in [-0.15, -0.1) is 0 Å². The van der Waals surface area contributed by atoms with Crippen LogP contribution in [0.1, 0.15) is 6.42 Å². The van der Waals surface area contributed by atoms with Crippen molar-refractivity contribution in [3.8, 4) is 0 Å². The highest BCUT2D eigenvalue weighted by atomic mass is 32.1. The summed E-state index contributed by atoms with van der Waals surface area (Å²) >= 11 is 1.57. The minimum absolute atomic E-state index is 0.840. The van der Waals surface area contributed by atoms with Gasteiger partial charge in [0.25, 0.3) is 0 Å². The van der Waals surface area contributed by atoms with Crippen LogP contribution in [0.3, 0.4) is 0 Å². The fourth-order valence-corrected chi connectivity index (χ4v) is 3.31. The van der Waals surface area contributed by atoms with Crippen LogP contribution in [0, 0.1) is 0 Å². The number of hydrogen-bond acceptors (Lipinski definition) is 5. The maximum absolute atomic E-state index is 4.29. The third-order valence-electron chi connectivity index (χ3n) is 4.26. The maximum atomic E-state index is 4.29. The van der Waals surface area contributed by atoms with E-state index in [-0.39, 0.29) is 0 Å². The summed E-state index contributed by atoms with van der Waals surface area (Å²) < 4.78 is 1.95. The first kappa shape index (κ1) is 15.8. The Kier molecular flexibility index (Phi) is 4.43. The minimum atomic E-state index is 0.840. The average Bonchev–Trinajstić information content (AvgIpc) is 3.00. The number of aryl methyl sites for hydroxylation is 1. The van der Waals surface area contributed by atoms with E-state index in [2.05, 4.69) is 44.7 Å². The van der Waals surface area contributed by atoms with E-state index in [0.717, 1.165) is 22.2 Å². The molecule has 0 saturated carbocycles. The van der Waals surface area contributed by atoms with Crippen molar-refractivity contribution in [2.24, 2.45) is 17.3 Å². The van der Waals surface area contributed by atoms with E-state index in [1.54, 1.807) is 11.3 Å². The fourth-order valence-electron chi connectivity index (χ4n) is 2.63. The lowest BCUT2D eigenvalue weighted by atomic mass is 10.1. The zero-order valence-corrected chi connectivity index (χ0v) is 14.9. The molecule has 1 N–H and O–H groups in total. The van der Waals surface area contributed by atoms with Crippen LogP contribution < -0.4 is 14.8 Å². The number of hydrogen-bond donors (Lipinski definition) is 1. The van der Waals surface area contributed by atoms with Gasteiger partial charge in [0.2, 0.25) is 0 Å². The number of nitrogens with one attached hydrogen (secondary N) is 1. The molecule has 4 rings (SSSR count). The van der Waals surface area contributed by atoms with E-state index in [1.807, 2.05) is 47.5 Å². The van der Waals surface area contributed by atoms with Crippen molar-refractivity contribution in [2.45, 2.75) is 6.42 Å². The number of nitrogens with zero attached hydrogens (tertiary/aromatic N) is 4. The lowest BCUT2D eigenvalue weighted by Crippen LogP contribution is -2.36. The van der Waals surface area contributed by atoms with Gasteiger partial charge in [0.15, 0.2) is 0 Å². The second kappa shape index (κ2) is 7.03. The Bertz CT molecular complexity index is 864. The molecule has 0 bridgehead atoms. The number of anilines is 3. The Morgan fingerprint density at radius 1 is 0.960 bits per heavy atom. The van der Waals surface area contributed by atoms with Crippen molar-refractivity contribution >= 4 is 39.2 Å². The topological polar surface area (TPSA) is 43.9 Å². The molecule has 1 aliphatic rings. The van der Waals surface area contributed by atoms with Gasteiger partial charge in [-0.1, -0.05) is 0 Å². The van der Waals surface area contributed by atoms with Crippen molar-refractivity contribution in [2.75, 3.05) is 23.3 Å². The summed E-state index contributed by atoms with van der Waals surface area (Å²) in [6.07, 6.45) is 3.27. The average molecular weight is 350 g/mol. The molecule has 126 valence electrons. The lowest BCUT2D eigenvalue weighted by Gasteiger charge is -2.33. The van der Waals surface area contributed by atoms with Crippen molar-refractivity contribution in [3.05, 3.63) is 60.1 Å². The van der Waals surface area contributed by atoms with Crippen LogP contribution in [-0.4, -0.2) is 13.1 Å². The summed E-state index contributed by atoms with van der Waals surface area (Å²) in [6.45, 7) is 2.35. The van der Waals surface area contributed by atoms with Crippen molar-refractivity contribution < 1.29 is 4.57 Å². The Morgan fingerprint density at radius 3 is 2.20 bits per heavy atom. The Hall–Kier alpha value is -2.73.